The number of ether oxygens (including phenoxy) is 2. The molecule has 3 rings (SSSR count). The molecule has 1 N–H and O–H groups in total. The van der Waals surface area contributed by atoms with Gasteiger partial charge in [-0.2, -0.15) is 5.10 Å². The van der Waals surface area contributed by atoms with Crippen molar-refractivity contribution >= 4 is 38.9 Å². The molecule has 0 amide bonds. The van der Waals surface area contributed by atoms with Crippen molar-refractivity contribution in [3.63, 3.8) is 0 Å². The van der Waals surface area contributed by atoms with Crippen LogP contribution in [0.25, 0.3) is 5.57 Å². The Balaban J connectivity index is 2.07. The van der Waals surface area contributed by atoms with Crippen LogP contribution >= 0.6 is 11.6 Å². The molecule has 1 aliphatic rings. The van der Waals surface area contributed by atoms with E-state index in [0.29, 0.717) is 23.6 Å². The summed E-state index contributed by atoms with van der Waals surface area (Å²) >= 11 is 5.85. The molecule has 1 aromatic carbocycles. The molecule has 1 aliphatic carbocycles. The molecule has 0 saturated carbocycles. The SMILES string of the molecule is COC(=O)c1c(NS(=O)(=O)c2ccc(Cl)cc2)c(C2=CCC(OC)CC2)nn1C. The summed E-state index contributed by atoms with van der Waals surface area (Å²) in [5, 5.41) is 4.82. The van der Waals surface area contributed by atoms with Crippen LogP contribution in [-0.4, -0.2) is 44.5 Å². The molecule has 29 heavy (non-hydrogen) atoms. The van der Waals surface area contributed by atoms with E-state index in [9.17, 15) is 13.2 Å². The van der Waals surface area contributed by atoms with Gasteiger partial charge in [0.25, 0.3) is 10.0 Å². The third-order valence-electron chi connectivity index (χ3n) is 4.79. The summed E-state index contributed by atoms with van der Waals surface area (Å²) in [6.45, 7) is 0. The molecule has 1 aromatic heterocycles. The standard InChI is InChI=1S/C19H22ClN3O5S/c1-23-18(19(24)28-3)17(16(21-23)12-4-8-14(27-2)9-5-12)22-29(25,26)15-10-6-13(20)7-11-15/h4,6-7,10-11,14,22H,5,8-9H2,1-3H3. The summed E-state index contributed by atoms with van der Waals surface area (Å²) in [7, 11) is 0.477. The maximum Gasteiger partial charge on any atom is 0.358 e. The zero-order valence-corrected chi connectivity index (χ0v) is 17.9. The van der Waals surface area contributed by atoms with E-state index < -0.39 is 16.0 Å². The first kappa shape index (κ1) is 21.4. The number of carbonyl (C=O) groups excluding carboxylic acids is 1. The fourth-order valence-electron chi connectivity index (χ4n) is 3.22. The second-order valence-electron chi connectivity index (χ2n) is 6.61. The summed E-state index contributed by atoms with van der Waals surface area (Å²) in [6.07, 6.45) is 4.17. The fourth-order valence-corrected chi connectivity index (χ4v) is 4.42. The highest BCUT2D eigenvalue weighted by Gasteiger charge is 2.29. The molecule has 0 fully saturated rings. The minimum atomic E-state index is -3.98. The number of esters is 1. The number of carbonyl (C=O) groups is 1. The molecule has 10 heteroatoms. The lowest BCUT2D eigenvalue weighted by molar-refractivity contribution is 0.0589. The van der Waals surface area contributed by atoms with E-state index in [4.69, 9.17) is 21.1 Å². The Hall–Kier alpha value is -2.36. The van der Waals surface area contributed by atoms with E-state index in [1.807, 2.05) is 6.08 Å². The van der Waals surface area contributed by atoms with Crippen LogP contribution in [-0.2, 0) is 26.5 Å². The lowest BCUT2D eigenvalue weighted by Crippen LogP contribution is -2.18. The highest BCUT2D eigenvalue weighted by Crippen LogP contribution is 2.35. The third-order valence-corrected chi connectivity index (χ3v) is 6.40. The van der Waals surface area contributed by atoms with Gasteiger partial charge in [-0.25, -0.2) is 13.2 Å². The highest BCUT2D eigenvalue weighted by molar-refractivity contribution is 7.92. The van der Waals surface area contributed by atoms with Gasteiger partial charge >= 0.3 is 5.97 Å². The van der Waals surface area contributed by atoms with Gasteiger partial charge in [0.2, 0.25) is 0 Å². The van der Waals surface area contributed by atoms with Gasteiger partial charge in [0, 0.05) is 19.2 Å². The first-order valence-corrected chi connectivity index (χ1v) is 10.8. The first-order chi connectivity index (χ1) is 13.8. The number of aromatic nitrogens is 2. The van der Waals surface area contributed by atoms with E-state index in [1.54, 1.807) is 14.2 Å². The van der Waals surface area contributed by atoms with Gasteiger partial charge in [0.15, 0.2) is 5.69 Å². The molecule has 156 valence electrons. The minimum absolute atomic E-state index is 0.0181. The molecule has 0 radical (unpaired) electrons. The Labute approximate surface area is 174 Å². The molecule has 2 aromatic rings. The Bertz CT molecular complexity index is 1040. The summed E-state index contributed by atoms with van der Waals surface area (Å²) in [6, 6.07) is 5.75. The van der Waals surface area contributed by atoms with Crippen molar-refractivity contribution in [3.8, 4) is 0 Å². The lowest BCUT2D eigenvalue weighted by atomic mass is 9.94. The van der Waals surface area contributed by atoms with Crippen LogP contribution in [0.4, 0.5) is 5.69 Å². The minimum Gasteiger partial charge on any atom is -0.464 e. The Morgan fingerprint density at radius 2 is 1.97 bits per heavy atom. The van der Waals surface area contributed by atoms with Crippen molar-refractivity contribution < 1.29 is 22.7 Å². The predicted octanol–water partition coefficient (Wildman–Crippen LogP) is 3.24. The van der Waals surface area contributed by atoms with Gasteiger partial charge in [-0.15, -0.1) is 0 Å². The van der Waals surface area contributed by atoms with Gasteiger partial charge in [-0.1, -0.05) is 17.7 Å². The van der Waals surface area contributed by atoms with Crippen LogP contribution in [0.2, 0.25) is 5.02 Å². The molecule has 1 atom stereocenters. The normalized spacial score (nSPS) is 17.0. The van der Waals surface area contributed by atoms with E-state index in [1.165, 1.54) is 36.1 Å². The van der Waals surface area contributed by atoms with Gasteiger partial charge in [0.1, 0.15) is 11.4 Å². The maximum atomic E-state index is 12.9. The molecule has 1 heterocycles. The quantitative estimate of drug-likeness (QED) is 0.693. The molecular weight excluding hydrogens is 418 g/mol. The van der Waals surface area contributed by atoms with Gasteiger partial charge < -0.3 is 9.47 Å². The molecule has 0 aliphatic heterocycles. The van der Waals surface area contributed by atoms with Crippen LogP contribution in [0, 0.1) is 0 Å². The summed E-state index contributed by atoms with van der Waals surface area (Å²) < 4.78 is 39.9. The van der Waals surface area contributed by atoms with Crippen LogP contribution in [0.3, 0.4) is 0 Å². The number of methoxy groups -OCH3 is 2. The van der Waals surface area contributed by atoms with Crippen molar-refractivity contribution in [3.05, 3.63) is 46.8 Å². The lowest BCUT2D eigenvalue weighted by Gasteiger charge is -2.20. The fraction of sp³-hybridized carbons (Fsp3) is 0.368. The number of nitrogens with zero attached hydrogens (tertiary/aromatic N) is 2. The Morgan fingerprint density at radius 1 is 1.28 bits per heavy atom. The van der Waals surface area contributed by atoms with Gasteiger partial charge in [-0.3, -0.25) is 9.40 Å². The van der Waals surface area contributed by atoms with E-state index in [0.717, 1.165) is 12.0 Å². The summed E-state index contributed by atoms with van der Waals surface area (Å²) in [5.74, 6) is -0.689. The molecule has 1 unspecified atom stereocenters. The zero-order valence-electron chi connectivity index (χ0n) is 16.3. The second-order valence-corrected chi connectivity index (χ2v) is 8.73. The summed E-state index contributed by atoms with van der Waals surface area (Å²) in [4.78, 5) is 12.4. The van der Waals surface area contributed by atoms with Crippen molar-refractivity contribution in [1.29, 1.82) is 0 Å². The Kier molecular flexibility index (Phi) is 6.30. The van der Waals surface area contributed by atoms with Crippen LogP contribution in [0.5, 0.6) is 0 Å². The smallest absolute Gasteiger partial charge is 0.358 e. The molecule has 0 bridgehead atoms. The number of aryl methyl sites for hydroxylation is 1. The molecule has 8 nitrogen and oxygen atoms in total. The van der Waals surface area contributed by atoms with Crippen LogP contribution in [0.1, 0.15) is 35.4 Å². The van der Waals surface area contributed by atoms with Crippen molar-refractivity contribution in [2.75, 3.05) is 18.9 Å². The number of nitrogens with one attached hydrogen (secondary N) is 1. The third kappa shape index (κ3) is 4.47. The summed E-state index contributed by atoms with van der Waals surface area (Å²) in [5.41, 5.74) is 1.36. The zero-order chi connectivity index (χ0) is 21.2. The largest absolute Gasteiger partial charge is 0.464 e. The number of allylic oxidation sites excluding steroid dienone is 1. The second kappa shape index (κ2) is 8.56. The molecular formula is C19H22ClN3O5S. The van der Waals surface area contributed by atoms with E-state index in [-0.39, 0.29) is 22.4 Å². The Morgan fingerprint density at radius 3 is 2.52 bits per heavy atom. The number of sulfonamides is 1. The van der Waals surface area contributed by atoms with Crippen molar-refractivity contribution in [2.24, 2.45) is 7.05 Å². The highest BCUT2D eigenvalue weighted by atomic mass is 35.5. The van der Waals surface area contributed by atoms with E-state index >= 15 is 0 Å². The number of anilines is 1. The van der Waals surface area contributed by atoms with Gasteiger partial charge in [0.05, 0.1) is 18.1 Å². The number of hydrogen-bond acceptors (Lipinski definition) is 6. The average molecular weight is 440 g/mol. The average Bonchev–Trinajstić information content (AvgIpc) is 3.03. The first-order valence-electron chi connectivity index (χ1n) is 8.92. The van der Waals surface area contributed by atoms with Crippen molar-refractivity contribution in [2.45, 2.75) is 30.3 Å². The van der Waals surface area contributed by atoms with Crippen LogP contribution in [0.15, 0.2) is 35.2 Å². The number of halogens is 1. The van der Waals surface area contributed by atoms with E-state index in [2.05, 4.69) is 9.82 Å². The molecule has 0 saturated heterocycles. The number of benzene rings is 1. The molecule has 0 spiro atoms. The van der Waals surface area contributed by atoms with Crippen LogP contribution < -0.4 is 4.72 Å². The number of rotatable bonds is 6. The van der Waals surface area contributed by atoms with Crippen molar-refractivity contribution in [1.82, 2.24) is 9.78 Å². The maximum absolute atomic E-state index is 12.9. The topological polar surface area (TPSA) is 99.5 Å². The number of hydrogen-bond donors (Lipinski definition) is 1. The monoisotopic (exact) mass is 439 g/mol. The van der Waals surface area contributed by atoms with Gasteiger partial charge in [-0.05, 0) is 49.1 Å². The predicted molar refractivity (Wildman–Crippen MR) is 109 cm³/mol.